The normalized spacial score (nSPS) is 11.2. The number of hydrogen-bond donors (Lipinski definition) is 0. The topological polar surface area (TPSA) is 79.8 Å². The van der Waals surface area contributed by atoms with Crippen molar-refractivity contribution in [2.75, 3.05) is 0 Å². The van der Waals surface area contributed by atoms with Gasteiger partial charge in [0.05, 0.1) is 16.2 Å². The van der Waals surface area contributed by atoms with Crippen LogP contribution in [0.5, 0.6) is 0 Å². The van der Waals surface area contributed by atoms with Crippen LogP contribution in [0.3, 0.4) is 0 Å². The first-order valence-electron chi connectivity index (χ1n) is 7.89. The Balaban J connectivity index is 1.96. The molecule has 0 saturated carbocycles. The standard InChI is InChI=1S/C20H15N3O2S/c1-13-3-7-16(8-4-13)19-14(2)26-20(22-19)17(12-21)11-15-5-9-18(10-6-15)23(24)25/h3-11H,1-2H3. The summed E-state index contributed by atoms with van der Waals surface area (Å²) in [6.45, 7) is 4.01. The molecule has 1 aromatic heterocycles. The molecule has 1 heterocycles. The van der Waals surface area contributed by atoms with Gasteiger partial charge in [0, 0.05) is 22.6 Å². The van der Waals surface area contributed by atoms with Gasteiger partial charge < -0.3 is 0 Å². The summed E-state index contributed by atoms with van der Waals surface area (Å²) in [5, 5.41) is 20.9. The summed E-state index contributed by atoms with van der Waals surface area (Å²) in [5.74, 6) is 0. The third-order valence-electron chi connectivity index (χ3n) is 3.89. The van der Waals surface area contributed by atoms with Gasteiger partial charge in [0.25, 0.3) is 5.69 Å². The van der Waals surface area contributed by atoms with Gasteiger partial charge in [-0.2, -0.15) is 5.26 Å². The molecule has 2 aromatic carbocycles. The van der Waals surface area contributed by atoms with Gasteiger partial charge in [0.2, 0.25) is 0 Å². The van der Waals surface area contributed by atoms with Gasteiger partial charge >= 0.3 is 0 Å². The zero-order valence-corrected chi connectivity index (χ0v) is 15.1. The highest BCUT2D eigenvalue weighted by molar-refractivity contribution is 7.13. The molecular weight excluding hydrogens is 346 g/mol. The summed E-state index contributed by atoms with van der Waals surface area (Å²) < 4.78 is 0. The average Bonchev–Trinajstić information content (AvgIpc) is 3.02. The Morgan fingerprint density at radius 3 is 2.38 bits per heavy atom. The molecule has 6 heteroatoms. The molecule has 128 valence electrons. The summed E-state index contributed by atoms with van der Waals surface area (Å²) in [6, 6.07) is 16.4. The van der Waals surface area contributed by atoms with Crippen LogP contribution in [0.15, 0.2) is 48.5 Å². The van der Waals surface area contributed by atoms with Gasteiger partial charge in [-0.05, 0) is 37.6 Å². The molecule has 0 unspecified atom stereocenters. The van der Waals surface area contributed by atoms with Crippen molar-refractivity contribution in [2.45, 2.75) is 13.8 Å². The third kappa shape index (κ3) is 3.68. The van der Waals surface area contributed by atoms with E-state index in [1.165, 1.54) is 29.0 Å². The monoisotopic (exact) mass is 361 g/mol. The number of benzene rings is 2. The minimum absolute atomic E-state index is 0.0207. The average molecular weight is 361 g/mol. The van der Waals surface area contributed by atoms with Crippen LogP contribution >= 0.6 is 11.3 Å². The number of nitro benzene ring substituents is 1. The molecule has 0 fully saturated rings. The van der Waals surface area contributed by atoms with Crippen molar-refractivity contribution in [1.29, 1.82) is 5.26 Å². The number of nitro groups is 1. The van der Waals surface area contributed by atoms with Gasteiger partial charge in [-0.15, -0.1) is 11.3 Å². The van der Waals surface area contributed by atoms with Crippen LogP contribution in [-0.2, 0) is 0 Å². The molecule has 0 N–H and O–H groups in total. The molecule has 3 rings (SSSR count). The van der Waals surface area contributed by atoms with E-state index in [4.69, 9.17) is 0 Å². The third-order valence-corrected chi connectivity index (χ3v) is 4.89. The van der Waals surface area contributed by atoms with Crippen LogP contribution < -0.4 is 0 Å². The summed E-state index contributed by atoms with van der Waals surface area (Å²) in [5.41, 5.74) is 4.24. The predicted molar refractivity (Wildman–Crippen MR) is 104 cm³/mol. The lowest BCUT2D eigenvalue weighted by molar-refractivity contribution is -0.384. The van der Waals surface area contributed by atoms with Crippen molar-refractivity contribution < 1.29 is 4.92 Å². The molecule has 0 saturated heterocycles. The van der Waals surface area contributed by atoms with Crippen LogP contribution in [0, 0.1) is 35.3 Å². The molecule has 0 atom stereocenters. The number of hydrogen-bond acceptors (Lipinski definition) is 5. The molecule has 0 bridgehead atoms. The molecule has 3 aromatic rings. The van der Waals surface area contributed by atoms with E-state index in [9.17, 15) is 15.4 Å². The minimum atomic E-state index is -0.448. The molecule has 5 nitrogen and oxygen atoms in total. The first kappa shape index (κ1) is 17.5. The van der Waals surface area contributed by atoms with E-state index in [-0.39, 0.29) is 5.69 Å². The lowest BCUT2D eigenvalue weighted by Gasteiger charge is -1.99. The van der Waals surface area contributed by atoms with Crippen LogP contribution in [-0.4, -0.2) is 9.91 Å². The fourth-order valence-corrected chi connectivity index (χ4v) is 3.39. The first-order valence-corrected chi connectivity index (χ1v) is 8.70. The molecule has 0 amide bonds. The van der Waals surface area contributed by atoms with Crippen molar-refractivity contribution in [3.63, 3.8) is 0 Å². The molecule has 0 spiro atoms. The Bertz CT molecular complexity index is 1030. The summed E-state index contributed by atoms with van der Waals surface area (Å²) in [6.07, 6.45) is 1.70. The lowest BCUT2D eigenvalue weighted by Crippen LogP contribution is -1.87. The Kier molecular flexibility index (Phi) is 4.92. The number of aromatic nitrogens is 1. The van der Waals surface area contributed by atoms with Crippen LogP contribution in [0.1, 0.15) is 21.0 Å². The van der Waals surface area contributed by atoms with E-state index in [1.807, 2.05) is 38.1 Å². The maximum absolute atomic E-state index is 10.7. The number of nitriles is 1. The van der Waals surface area contributed by atoms with Crippen molar-refractivity contribution >= 4 is 28.7 Å². The quantitative estimate of drug-likeness (QED) is 0.354. The highest BCUT2D eigenvalue weighted by Gasteiger charge is 2.13. The smallest absolute Gasteiger partial charge is 0.258 e. The number of non-ortho nitro benzene ring substituents is 1. The summed E-state index contributed by atoms with van der Waals surface area (Å²) in [7, 11) is 0. The second kappa shape index (κ2) is 7.30. The van der Waals surface area contributed by atoms with Gasteiger partial charge in [-0.3, -0.25) is 10.1 Å². The van der Waals surface area contributed by atoms with E-state index in [1.54, 1.807) is 18.2 Å². The molecular formula is C20H15N3O2S. The molecule has 0 aliphatic carbocycles. The Morgan fingerprint density at radius 1 is 1.15 bits per heavy atom. The van der Waals surface area contributed by atoms with E-state index in [2.05, 4.69) is 11.1 Å². The van der Waals surface area contributed by atoms with Crippen LogP contribution in [0.2, 0.25) is 0 Å². The second-order valence-corrected chi connectivity index (χ2v) is 7.01. The number of nitrogens with zero attached hydrogens (tertiary/aromatic N) is 3. The maximum Gasteiger partial charge on any atom is 0.269 e. The number of thiazole rings is 1. The van der Waals surface area contributed by atoms with E-state index >= 15 is 0 Å². The highest BCUT2D eigenvalue weighted by atomic mass is 32.1. The molecule has 0 aliphatic heterocycles. The summed E-state index contributed by atoms with van der Waals surface area (Å²) >= 11 is 1.46. The largest absolute Gasteiger partial charge is 0.269 e. The van der Waals surface area contributed by atoms with Gasteiger partial charge in [-0.1, -0.05) is 29.8 Å². The van der Waals surface area contributed by atoms with Crippen LogP contribution in [0.4, 0.5) is 5.69 Å². The molecule has 26 heavy (non-hydrogen) atoms. The zero-order valence-electron chi connectivity index (χ0n) is 14.3. The van der Waals surface area contributed by atoms with E-state index in [0.29, 0.717) is 10.6 Å². The minimum Gasteiger partial charge on any atom is -0.258 e. The molecule has 0 aliphatic rings. The maximum atomic E-state index is 10.7. The van der Waals surface area contributed by atoms with E-state index in [0.717, 1.165) is 21.7 Å². The van der Waals surface area contributed by atoms with Crippen LogP contribution in [0.25, 0.3) is 22.9 Å². The fourth-order valence-electron chi connectivity index (χ4n) is 2.49. The number of allylic oxidation sites excluding steroid dienone is 1. The van der Waals surface area contributed by atoms with Gasteiger partial charge in [0.1, 0.15) is 11.1 Å². The Hall–Kier alpha value is -3.30. The Morgan fingerprint density at radius 2 is 1.81 bits per heavy atom. The fraction of sp³-hybridized carbons (Fsp3) is 0.100. The second-order valence-electron chi connectivity index (χ2n) is 5.81. The zero-order chi connectivity index (χ0) is 18.7. The van der Waals surface area contributed by atoms with Crippen molar-refractivity contribution in [2.24, 2.45) is 0 Å². The van der Waals surface area contributed by atoms with Gasteiger partial charge in [0.15, 0.2) is 0 Å². The predicted octanol–water partition coefficient (Wildman–Crippen LogP) is 5.40. The van der Waals surface area contributed by atoms with Crippen molar-refractivity contribution in [3.05, 3.63) is 79.7 Å². The van der Waals surface area contributed by atoms with Gasteiger partial charge in [-0.25, -0.2) is 4.98 Å². The first-order chi connectivity index (χ1) is 12.5. The van der Waals surface area contributed by atoms with Crippen molar-refractivity contribution in [1.82, 2.24) is 4.98 Å². The Labute approximate surface area is 155 Å². The summed E-state index contributed by atoms with van der Waals surface area (Å²) in [4.78, 5) is 16.0. The van der Waals surface area contributed by atoms with Crippen molar-refractivity contribution in [3.8, 4) is 17.3 Å². The van der Waals surface area contributed by atoms with E-state index < -0.39 is 4.92 Å². The highest BCUT2D eigenvalue weighted by Crippen LogP contribution is 2.32. The number of aryl methyl sites for hydroxylation is 2. The number of rotatable bonds is 4. The molecule has 0 radical (unpaired) electrons. The SMILES string of the molecule is Cc1ccc(-c2nc(C(C#N)=Cc3ccc([N+](=O)[O-])cc3)sc2C)cc1. The lowest BCUT2D eigenvalue weighted by atomic mass is 10.1.